The second-order valence-electron chi connectivity index (χ2n) is 6.95. The first-order valence-corrected chi connectivity index (χ1v) is 10.7. The lowest BCUT2D eigenvalue weighted by Crippen LogP contribution is -2.12. The molecule has 0 saturated carbocycles. The van der Waals surface area contributed by atoms with Crippen LogP contribution < -0.4 is 4.72 Å². The summed E-state index contributed by atoms with van der Waals surface area (Å²) in [7, 11) is -3.76. The summed E-state index contributed by atoms with van der Waals surface area (Å²) in [6.45, 7) is 1.87. The first-order valence-electron chi connectivity index (χ1n) is 9.26. The van der Waals surface area contributed by atoms with E-state index < -0.39 is 21.7 Å². The largest absolute Gasteiger partial charge is 0.420 e. The predicted molar refractivity (Wildman–Crippen MR) is 111 cm³/mol. The Labute approximate surface area is 177 Å². The maximum atomic E-state index is 13.4. The number of nitrogens with zero attached hydrogens (tertiary/aromatic N) is 2. The summed E-state index contributed by atoms with van der Waals surface area (Å²) in [5.41, 5.74) is 2.12. The highest BCUT2D eigenvalue weighted by molar-refractivity contribution is 7.92. The van der Waals surface area contributed by atoms with Crippen molar-refractivity contribution < 1.29 is 21.6 Å². The van der Waals surface area contributed by atoms with Crippen LogP contribution in [0.15, 0.2) is 76.0 Å². The summed E-state index contributed by atoms with van der Waals surface area (Å²) in [5, 5.41) is 7.86. The minimum atomic E-state index is -3.76. The third-order valence-corrected chi connectivity index (χ3v) is 5.83. The lowest BCUT2D eigenvalue weighted by molar-refractivity contribution is 0.516. The van der Waals surface area contributed by atoms with E-state index in [0.717, 1.165) is 11.6 Å². The monoisotopic (exact) mass is 441 g/mol. The summed E-state index contributed by atoms with van der Waals surface area (Å²) in [5.74, 6) is -1.06. The van der Waals surface area contributed by atoms with E-state index in [-0.39, 0.29) is 23.1 Å². The van der Waals surface area contributed by atoms with E-state index in [1.165, 1.54) is 24.3 Å². The lowest BCUT2D eigenvalue weighted by atomic mass is 10.1. The molecule has 0 aliphatic carbocycles. The summed E-state index contributed by atoms with van der Waals surface area (Å²) in [4.78, 5) is 0.144. The summed E-state index contributed by atoms with van der Waals surface area (Å²) < 4.78 is 60.0. The van der Waals surface area contributed by atoms with E-state index in [2.05, 4.69) is 14.9 Å². The topological polar surface area (TPSA) is 85.1 Å². The Bertz CT molecular complexity index is 1320. The van der Waals surface area contributed by atoms with Gasteiger partial charge in [0.05, 0.1) is 11.3 Å². The van der Waals surface area contributed by atoms with Crippen molar-refractivity contribution in [3.63, 3.8) is 0 Å². The van der Waals surface area contributed by atoms with Gasteiger partial charge in [0.15, 0.2) is 0 Å². The van der Waals surface area contributed by atoms with Crippen molar-refractivity contribution in [2.24, 2.45) is 0 Å². The van der Waals surface area contributed by atoms with Gasteiger partial charge in [-0.05, 0) is 55.0 Å². The summed E-state index contributed by atoms with van der Waals surface area (Å²) >= 11 is 0. The quantitative estimate of drug-likeness (QED) is 0.468. The van der Waals surface area contributed by atoms with Crippen molar-refractivity contribution in [3.05, 3.63) is 95.4 Å². The molecule has 0 saturated heterocycles. The molecule has 4 rings (SSSR count). The molecule has 0 aliphatic heterocycles. The molecule has 0 radical (unpaired) electrons. The van der Waals surface area contributed by atoms with Crippen LogP contribution in [0, 0.1) is 18.6 Å². The van der Waals surface area contributed by atoms with E-state index in [1.807, 2.05) is 6.92 Å². The fraction of sp³-hybridized carbons (Fsp3) is 0.0909. The Morgan fingerprint density at radius 3 is 2.35 bits per heavy atom. The molecule has 0 unspecified atom stereocenters. The van der Waals surface area contributed by atoms with Gasteiger partial charge in [-0.25, -0.2) is 17.2 Å². The van der Waals surface area contributed by atoms with Gasteiger partial charge >= 0.3 is 0 Å². The second kappa shape index (κ2) is 8.27. The highest BCUT2D eigenvalue weighted by Crippen LogP contribution is 2.24. The van der Waals surface area contributed by atoms with Crippen LogP contribution in [0.4, 0.5) is 14.5 Å². The summed E-state index contributed by atoms with van der Waals surface area (Å²) in [6.07, 6.45) is 0.0570. The zero-order valence-electron chi connectivity index (χ0n) is 16.3. The van der Waals surface area contributed by atoms with Crippen LogP contribution in [-0.2, 0) is 16.4 Å². The predicted octanol–water partition coefficient (Wildman–Crippen LogP) is 4.71. The third-order valence-electron chi connectivity index (χ3n) is 4.44. The van der Waals surface area contributed by atoms with Crippen LogP contribution >= 0.6 is 0 Å². The molecule has 1 heterocycles. The van der Waals surface area contributed by atoms with Gasteiger partial charge in [0.1, 0.15) is 11.6 Å². The maximum absolute atomic E-state index is 13.4. The number of aryl methyl sites for hydroxylation is 1. The van der Waals surface area contributed by atoms with Crippen molar-refractivity contribution in [1.82, 2.24) is 10.2 Å². The molecule has 0 fully saturated rings. The van der Waals surface area contributed by atoms with Crippen LogP contribution in [0.1, 0.15) is 17.0 Å². The Morgan fingerprint density at radius 1 is 0.935 bits per heavy atom. The highest BCUT2D eigenvalue weighted by Gasteiger charge is 2.16. The van der Waals surface area contributed by atoms with E-state index in [4.69, 9.17) is 4.42 Å². The molecular weight excluding hydrogens is 424 g/mol. The minimum absolute atomic E-state index is 0.0570. The van der Waals surface area contributed by atoms with Gasteiger partial charge in [-0.15, -0.1) is 10.2 Å². The van der Waals surface area contributed by atoms with E-state index in [9.17, 15) is 17.2 Å². The number of halogens is 2. The van der Waals surface area contributed by atoms with Crippen LogP contribution in [0.25, 0.3) is 11.5 Å². The van der Waals surface area contributed by atoms with Gasteiger partial charge in [-0.3, -0.25) is 4.72 Å². The van der Waals surface area contributed by atoms with Crippen molar-refractivity contribution in [2.45, 2.75) is 18.2 Å². The molecule has 4 aromatic rings. The number of rotatable bonds is 6. The molecule has 0 aliphatic rings. The van der Waals surface area contributed by atoms with Crippen molar-refractivity contribution in [3.8, 4) is 11.5 Å². The SMILES string of the molecule is Cc1ccc(S(=O)(=O)Nc2cccc(-c3nnc(Cc4cc(F)cc(F)c4)o3)c2)cc1. The Kier molecular flexibility index (Phi) is 5.51. The van der Waals surface area contributed by atoms with Gasteiger partial charge < -0.3 is 4.42 Å². The molecular formula is C22H17F2N3O3S. The molecule has 31 heavy (non-hydrogen) atoms. The molecule has 158 valence electrons. The van der Waals surface area contributed by atoms with Crippen molar-refractivity contribution >= 4 is 15.7 Å². The number of aromatic nitrogens is 2. The number of hydrogen-bond donors (Lipinski definition) is 1. The minimum Gasteiger partial charge on any atom is -0.420 e. The van der Waals surface area contributed by atoms with Crippen LogP contribution in [-0.4, -0.2) is 18.6 Å². The van der Waals surface area contributed by atoms with Crippen molar-refractivity contribution in [2.75, 3.05) is 4.72 Å². The smallest absolute Gasteiger partial charge is 0.261 e. The van der Waals surface area contributed by atoms with E-state index >= 15 is 0 Å². The van der Waals surface area contributed by atoms with Crippen LogP contribution in [0.3, 0.4) is 0 Å². The van der Waals surface area contributed by atoms with Gasteiger partial charge in [0.2, 0.25) is 11.8 Å². The van der Waals surface area contributed by atoms with Gasteiger partial charge in [-0.1, -0.05) is 23.8 Å². The molecule has 0 spiro atoms. The number of sulfonamides is 1. The van der Waals surface area contributed by atoms with E-state index in [1.54, 1.807) is 36.4 Å². The van der Waals surface area contributed by atoms with Crippen LogP contribution in [0.5, 0.6) is 0 Å². The molecule has 9 heteroatoms. The Morgan fingerprint density at radius 2 is 1.65 bits per heavy atom. The molecule has 0 atom stereocenters. The average molecular weight is 441 g/mol. The van der Waals surface area contributed by atoms with Gasteiger partial charge in [0, 0.05) is 17.3 Å². The fourth-order valence-corrected chi connectivity index (χ4v) is 4.03. The summed E-state index contributed by atoms with van der Waals surface area (Å²) in [6, 6.07) is 16.1. The Balaban J connectivity index is 1.54. The number of anilines is 1. The molecule has 0 bridgehead atoms. The zero-order chi connectivity index (χ0) is 22.0. The normalized spacial score (nSPS) is 11.5. The van der Waals surface area contributed by atoms with Gasteiger partial charge in [-0.2, -0.15) is 0 Å². The number of hydrogen-bond acceptors (Lipinski definition) is 5. The first kappa shape index (κ1) is 20.7. The second-order valence-corrected chi connectivity index (χ2v) is 8.64. The fourth-order valence-electron chi connectivity index (χ4n) is 2.98. The first-order chi connectivity index (χ1) is 14.8. The molecule has 3 aromatic carbocycles. The standard InChI is InChI=1S/C22H17F2N3O3S/c1-14-5-7-20(8-6-14)31(28,29)27-19-4-2-3-16(12-19)22-26-25-21(30-22)11-15-9-17(23)13-18(24)10-15/h2-10,12-13,27H,11H2,1H3. The average Bonchev–Trinajstić information content (AvgIpc) is 3.16. The molecule has 6 nitrogen and oxygen atoms in total. The zero-order valence-corrected chi connectivity index (χ0v) is 17.2. The molecule has 1 aromatic heterocycles. The van der Waals surface area contributed by atoms with E-state index in [0.29, 0.717) is 16.8 Å². The number of benzene rings is 3. The third kappa shape index (κ3) is 4.95. The lowest BCUT2D eigenvalue weighted by Gasteiger charge is -2.09. The molecule has 0 amide bonds. The van der Waals surface area contributed by atoms with Gasteiger partial charge in [0.25, 0.3) is 10.0 Å². The van der Waals surface area contributed by atoms with Crippen molar-refractivity contribution in [1.29, 1.82) is 0 Å². The molecule has 1 N–H and O–H groups in total. The number of nitrogens with one attached hydrogen (secondary N) is 1. The van der Waals surface area contributed by atoms with Crippen LogP contribution in [0.2, 0.25) is 0 Å². The maximum Gasteiger partial charge on any atom is 0.261 e. The highest BCUT2D eigenvalue weighted by atomic mass is 32.2. The Hall–Kier alpha value is -3.59.